The maximum atomic E-state index is 12.8. The molecule has 1 aliphatic rings. The molecule has 3 aromatic rings. The lowest BCUT2D eigenvalue weighted by Crippen LogP contribution is -2.36. The number of thioether (sulfide) groups is 1. The number of nitrogens with zero attached hydrogens (tertiary/aromatic N) is 1. The van der Waals surface area contributed by atoms with Crippen molar-refractivity contribution in [2.75, 3.05) is 11.9 Å². The average molecular weight is 527 g/mol. The zero-order chi connectivity index (χ0) is 24.9. The summed E-state index contributed by atoms with van der Waals surface area (Å²) in [5, 5.41) is 3.30. The van der Waals surface area contributed by atoms with Crippen molar-refractivity contribution in [2.24, 2.45) is 0 Å². The molecule has 178 valence electrons. The van der Waals surface area contributed by atoms with E-state index in [0.29, 0.717) is 28.1 Å². The number of ether oxygens (including phenoxy) is 1. The van der Waals surface area contributed by atoms with Crippen molar-refractivity contribution < 1.29 is 19.1 Å². The second-order valence-corrected chi connectivity index (χ2v) is 9.56. The quantitative estimate of drug-likeness (QED) is 0.353. The van der Waals surface area contributed by atoms with Crippen LogP contribution in [-0.2, 0) is 16.2 Å². The molecule has 4 rings (SSSR count). The Morgan fingerprint density at radius 1 is 1.06 bits per heavy atom. The van der Waals surface area contributed by atoms with Gasteiger partial charge in [-0.05, 0) is 66.2 Å². The highest BCUT2D eigenvalue weighted by Gasteiger charge is 2.36. The van der Waals surface area contributed by atoms with E-state index < -0.39 is 17.1 Å². The largest absolute Gasteiger partial charge is 0.489 e. The third-order valence-electron chi connectivity index (χ3n) is 5.18. The maximum Gasteiger partial charge on any atom is 0.294 e. The fourth-order valence-electron chi connectivity index (χ4n) is 3.29. The van der Waals surface area contributed by atoms with Gasteiger partial charge in [-0.3, -0.25) is 19.3 Å². The van der Waals surface area contributed by atoms with E-state index in [4.69, 9.17) is 27.9 Å². The Morgan fingerprint density at radius 2 is 1.80 bits per heavy atom. The van der Waals surface area contributed by atoms with Crippen LogP contribution in [0.3, 0.4) is 0 Å². The van der Waals surface area contributed by atoms with Crippen LogP contribution in [0.25, 0.3) is 6.08 Å². The second-order valence-electron chi connectivity index (χ2n) is 7.72. The summed E-state index contributed by atoms with van der Waals surface area (Å²) in [6, 6.07) is 19.7. The third-order valence-corrected chi connectivity index (χ3v) is 6.69. The van der Waals surface area contributed by atoms with E-state index in [1.54, 1.807) is 54.6 Å². The Kier molecular flexibility index (Phi) is 7.80. The fraction of sp³-hybridized carbons (Fsp3) is 0.115. The summed E-state index contributed by atoms with van der Waals surface area (Å²) >= 11 is 12.9. The van der Waals surface area contributed by atoms with Gasteiger partial charge in [-0.1, -0.05) is 59.6 Å². The maximum absolute atomic E-state index is 12.8. The third kappa shape index (κ3) is 6.25. The molecule has 0 aliphatic carbocycles. The molecule has 1 saturated heterocycles. The zero-order valence-electron chi connectivity index (χ0n) is 18.6. The molecule has 0 spiro atoms. The van der Waals surface area contributed by atoms with Crippen LogP contribution in [0.2, 0.25) is 10.0 Å². The molecule has 1 heterocycles. The number of halogens is 2. The highest BCUT2D eigenvalue weighted by Crippen LogP contribution is 2.32. The van der Waals surface area contributed by atoms with E-state index >= 15 is 0 Å². The number of anilines is 1. The van der Waals surface area contributed by atoms with Crippen LogP contribution in [0.5, 0.6) is 5.75 Å². The topological polar surface area (TPSA) is 75.7 Å². The van der Waals surface area contributed by atoms with Crippen LogP contribution in [-0.4, -0.2) is 28.5 Å². The van der Waals surface area contributed by atoms with Gasteiger partial charge in [0.1, 0.15) is 18.9 Å². The lowest BCUT2D eigenvalue weighted by atomic mass is 10.2. The SMILES string of the molecule is Cc1ccc(Cl)cc1NC(=O)CN1C(=O)S/C(=C/c2ccc(OCc3ccccc3Cl)cc2)C1=O. The number of hydrogen-bond acceptors (Lipinski definition) is 5. The van der Waals surface area contributed by atoms with E-state index in [1.165, 1.54) is 0 Å². The molecule has 0 saturated carbocycles. The summed E-state index contributed by atoms with van der Waals surface area (Å²) in [5.41, 5.74) is 2.94. The molecular weight excluding hydrogens is 507 g/mol. The summed E-state index contributed by atoms with van der Waals surface area (Å²) in [6.07, 6.45) is 1.61. The molecule has 1 fully saturated rings. The van der Waals surface area contributed by atoms with Crippen molar-refractivity contribution in [3.63, 3.8) is 0 Å². The van der Waals surface area contributed by atoms with Gasteiger partial charge in [-0.25, -0.2) is 0 Å². The number of amides is 3. The fourth-order valence-corrected chi connectivity index (χ4v) is 4.49. The molecule has 9 heteroatoms. The summed E-state index contributed by atoms with van der Waals surface area (Å²) < 4.78 is 5.77. The van der Waals surface area contributed by atoms with E-state index in [-0.39, 0.29) is 11.4 Å². The molecule has 6 nitrogen and oxygen atoms in total. The van der Waals surface area contributed by atoms with Gasteiger partial charge >= 0.3 is 0 Å². The standard InChI is InChI=1S/C26H20Cl2N2O4S/c1-16-6-9-19(27)13-22(16)29-24(31)14-30-25(32)23(35-26(30)33)12-17-7-10-20(11-8-17)34-15-18-4-2-3-5-21(18)28/h2-13H,14-15H2,1H3,(H,29,31)/b23-12+. The van der Waals surface area contributed by atoms with Gasteiger partial charge in [0.15, 0.2) is 0 Å². The monoisotopic (exact) mass is 526 g/mol. The average Bonchev–Trinajstić information content (AvgIpc) is 3.09. The van der Waals surface area contributed by atoms with E-state index in [2.05, 4.69) is 5.32 Å². The van der Waals surface area contributed by atoms with Crippen LogP contribution >= 0.6 is 35.0 Å². The summed E-state index contributed by atoms with van der Waals surface area (Å²) in [7, 11) is 0. The van der Waals surface area contributed by atoms with Crippen LogP contribution in [0.1, 0.15) is 16.7 Å². The molecule has 3 aromatic carbocycles. The van der Waals surface area contributed by atoms with Crippen molar-refractivity contribution >= 4 is 63.8 Å². The van der Waals surface area contributed by atoms with Crippen LogP contribution < -0.4 is 10.1 Å². The van der Waals surface area contributed by atoms with Crippen molar-refractivity contribution in [1.29, 1.82) is 0 Å². The van der Waals surface area contributed by atoms with E-state index in [1.807, 2.05) is 25.1 Å². The minimum Gasteiger partial charge on any atom is -0.489 e. The summed E-state index contributed by atoms with van der Waals surface area (Å²) in [4.78, 5) is 38.8. The van der Waals surface area contributed by atoms with E-state index in [0.717, 1.165) is 33.4 Å². The number of rotatable bonds is 7. The first kappa shape index (κ1) is 24.9. The van der Waals surface area contributed by atoms with Gasteiger partial charge < -0.3 is 10.1 Å². The van der Waals surface area contributed by atoms with Gasteiger partial charge in [-0.2, -0.15) is 0 Å². The Balaban J connectivity index is 1.37. The molecule has 0 unspecified atom stereocenters. The predicted molar refractivity (Wildman–Crippen MR) is 140 cm³/mol. The Bertz CT molecular complexity index is 1330. The first-order valence-corrected chi connectivity index (χ1v) is 12.1. The number of nitrogens with one attached hydrogen (secondary N) is 1. The van der Waals surface area contributed by atoms with Gasteiger partial charge in [-0.15, -0.1) is 0 Å². The lowest BCUT2D eigenvalue weighted by Gasteiger charge is -2.13. The van der Waals surface area contributed by atoms with Gasteiger partial charge in [0.2, 0.25) is 5.91 Å². The first-order valence-electron chi connectivity index (χ1n) is 10.6. The molecule has 0 aromatic heterocycles. The van der Waals surface area contributed by atoms with Crippen LogP contribution in [0.4, 0.5) is 10.5 Å². The molecule has 0 bridgehead atoms. The van der Waals surface area contributed by atoms with Crippen molar-refractivity contribution in [1.82, 2.24) is 4.90 Å². The molecule has 0 atom stereocenters. The van der Waals surface area contributed by atoms with Crippen molar-refractivity contribution in [3.8, 4) is 5.75 Å². The smallest absolute Gasteiger partial charge is 0.294 e. The zero-order valence-corrected chi connectivity index (χ0v) is 20.9. The Morgan fingerprint density at radius 3 is 2.54 bits per heavy atom. The summed E-state index contributed by atoms with van der Waals surface area (Å²) in [5.74, 6) is -0.362. The molecule has 1 aliphatic heterocycles. The molecule has 3 amide bonds. The Labute approximate surface area is 216 Å². The second kappa shape index (κ2) is 11.0. The highest BCUT2D eigenvalue weighted by atomic mass is 35.5. The van der Waals surface area contributed by atoms with Crippen LogP contribution in [0, 0.1) is 6.92 Å². The predicted octanol–water partition coefficient (Wildman–Crippen LogP) is 6.56. The minimum absolute atomic E-state index is 0.242. The molecule has 35 heavy (non-hydrogen) atoms. The van der Waals surface area contributed by atoms with Gasteiger partial charge in [0.25, 0.3) is 11.1 Å². The van der Waals surface area contributed by atoms with Crippen LogP contribution in [0.15, 0.2) is 71.6 Å². The normalized spacial score (nSPS) is 14.5. The first-order chi connectivity index (χ1) is 16.8. The molecule has 1 N–H and O–H groups in total. The Hall–Kier alpha value is -3.26. The number of benzene rings is 3. The summed E-state index contributed by atoms with van der Waals surface area (Å²) in [6.45, 7) is 1.76. The van der Waals surface area contributed by atoms with Crippen molar-refractivity contribution in [2.45, 2.75) is 13.5 Å². The number of carbonyl (C=O) groups excluding carboxylic acids is 3. The molecular formula is C26H20Cl2N2O4S. The molecule has 0 radical (unpaired) electrons. The number of imide groups is 1. The van der Waals surface area contributed by atoms with Crippen molar-refractivity contribution in [3.05, 3.63) is 98.4 Å². The minimum atomic E-state index is -0.517. The number of carbonyl (C=O) groups is 3. The van der Waals surface area contributed by atoms with Gasteiger partial charge in [0.05, 0.1) is 4.91 Å². The number of aryl methyl sites for hydroxylation is 1. The highest BCUT2D eigenvalue weighted by molar-refractivity contribution is 8.18. The van der Waals surface area contributed by atoms with E-state index in [9.17, 15) is 14.4 Å². The lowest BCUT2D eigenvalue weighted by molar-refractivity contribution is -0.127. The number of hydrogen-bond donors (Lipinski definition) is 1. The van der Waals surface area contributed by atoms with Gasteiger partial charge in [0, 0.05) is 21.3 Å².